The first-order valence-corrected chi connectivity index (χ1v) is 9.87. The number of nitrogens with one attached hydrogen (secondary N) is 1. The van der Waals surface area contributed by atoms with Crippen molar-refractivity contribution in [3.05, 3.63) is 18.0 Å². The van der Waals surface area contributed by atoms with Crippen molar-refractivity contribution < 1.29 is 0 Å². The summed E-state index contributed by atoms with van der Waals surface area (Å²) in [5.74, 6) is 1.55. The first-order valence-electron chi connectivity index (χ1n) is 9.87. The molecule has 6 heteroatoms. The monoisotopic (exact) mass is 346 g/mol. The fraction of sp³-hybridized carbons (Fsp3) is 0.789. The highest BCUT2D eigenvalue weighted by Gasteiger charge is 2.24. The number of piperidine rings is 1. The molecule has 2 fully saturated rings. The predicted octanol–water partition coefficient (Wildman–Crippen LogP) is 1.76. The summed E-state index contributed by atoms with van der Waals surface area (Å²) >= 11 is 0. The summed E-state index contributed by atoms with van der Waals surface area (Å²) in [5, 5.41) is 3.54. The summed E-state index contributed by atoms with van der Waals surface area (Å²) in [4.78, 5) is 16.6. The third kappa shape index (κ3) is 5.36. The van der Waals surface area contributed by atoms with E-state index >= 15 is 0 Å². The second kappa shape index (κ2) is 8.92. The van der Waals surface area contributed by atoms with Crippen LogP contribution in [-0.4, -0.2) is 83.6 Å². The van der Waals surface area contributed by atoms with Gasteiger partial charge in [-0.25, -0.2) is 9.97 Å². The van der Waals surface area contributed by atoms with E-state index in [1.807, 2.05) is 12.4 Å². The second-order valence-corrected chi connectivity index (χ2v) is 7.70. The van der Waals surface area contributed by atoms with Crippen molar-refractivity contribution in [1.29, 1.82) is 0 Å². The molecule has 25 heavy (non-hydrogen) atoms. The average molecular weight is 347 g/mol. The number of rotatable bonds is 6. The van der Waals surface area contributed by atoms with E-state index in [0.717, 1.165) is 44.6 Å². The number of likely N-dealkylation sites (N-methyl/N-ethyl adjacent to an activating group) is 2. The average Bonchev–Trinajstić information content (AvgIpc) is 2.63. The number of anilines is 1. The Morgan fingerprint density at radius 1 is 1.04 bits per heavy atom. The second-order valence-electron chi connectivity index (χ2n) is 7.70. The highest BCUT2D eigenvalue weighted by molar-refractivity contribution is 5.27. The van der Waals surface area contributed by atoms with E-state index in [9.17, 15) is 0 Å². The minimum atomic E-state index is 0.455. The molecule has 0 amide bonds. The Morgan fingerprint density at radius 2 is 1.72 bits per heavy atom. The molecule has 2 atom stereocenters. The molecule has 0 aromatic carbocycles. The van der Waals surface area contributed by atoms with E-state index in [1.165, 1.54) is 38.0 Å². The zero-order valence-electron chi connectivity index (χ0n) is 16.1. The van der Waals surface area contributed by atoms with Gasteiger partial charge in [0.2, 0.25) is 5.95 Å². The Balaban J connectivity index is 1.49. The van der Waals surface area contributed by atoms with Crippen LogP contribution in [0.5, 0.6) is 0 Å². The quantitative estimate of drug-likeness (QED) is 0.847. The van der Waals surface area contributed by atoms with Crippen LogP contribution in [0.1, 0.15) is 32.3 Å². The molecular weight excluding hydrogens is 312 g/mol. The van der Waals surface area contributed by atoms with Gasteiger partial charge in [0.25, 0.3) is 0 Å². The van der Waals surface area contributed by atoms with Crippen molar-refractivity contribution in [3.63, 3.8) is 0 Å². The third-order valence-corrected chi connectivity index (χ3v) is 5.65. The van der Waals surface area contributed by atoms with E-state index in [0.29, 0.717) is 6.04 Å². The maximum atomic E-state index is 4.57. The molecule has 6 nitrogen and oxygen atoms in total. The Labute approximate surface area is 152 Å². The van der Waals surface area contributed by atoms with Crippen LogP contribution in [0.4, 0.5) is 5.95 Å². The Hall–Kier alpha value is -1.24. The van der Waals surface area contributed by atoms with Crippen LogP contribution in [0.25, 0.3) is 0 Å². The van der Waals surface area contributed by atoms with Gasteiger partial charge in [-0.05, 0) is 25.9 Å². The maximum Gasteiger partial charge on any atom is 0.222 e. The number of likely N-dealkylation sites (tertiary alicyclic amines) is 1. The standard InChI is InChI=1S/C19H34N6/c1-4-16-10-18(15-23(3)13-16)22-19-20-11-17(12-21-19)14-25-8-6-24(5-2)7-9-25/h11-12,16,18H,4-10,13-15H2,1-3H3,(H,20,21,22). The number of piperazine rings is 1. The van der Waals surface area contributed by atoms with Crippen LogP contribution in [-0.2, 0) is 6.54 Å². The third-order valence-electron chi connectivity index (χ3n) is 5.65. The largest absolute Gasteiger partial charge is 0.350 e. The van der Waals surface area contributed by atoms with Gasteiger partial charge in [-0.1, -0.05) is 20.3 Å². The lowest BCUT2D eigenvalue weighted by molar-refractivity contribution is 0.131. The molecule has 1 aromatic rings. The predicted molar refractivity (Wildman–Crippen MR) is 103 cm³/mol. The molecule has 0 spiro atoms. The van der Waals surface area contributed by atoms with Crippen molar-refractivity contribution in [1.82, 2.24) is 24.7 Å². The van der Waals surface area contributed by atoms with Gasteiger partial charge in [0, 0.05) is 69.8 Å². The molecule has 140 valence electrons. The van der Waals surface area contributed by atoms with Crippen molar-refractivity contribution in [3.8, 4) is 0 Å². The maximum absolute atomic E-state index is 4.57. The van der Waals surface area contributed by atoms with Crippen LogP contribution in [0.15, 0.2) is 12.4 Å². The molecular formula is C19H34N6. The molecule has 2 aliphatic rings. The van der Waals surface area contributed by atoms with Gasteiger partial charge in [-0.2, -0.15) is 0 Å². The Bertz CT molecular complexity index is 511. The molecule has 0 radical (unpaired) electrons. The van der Waals surface area contributed by atoms with Gasteiger partial charge in [0.05, 0.1) is 0 Å². The first-order chi connectivity index (χ1) is 12.2. The first kappa shape index (κ1) is 18.5. The van der Waals surface area contributed by atoms with Crippen molar-refractivity contribution in [2.24, 2.45) is 5.92 Å². The minimum Gasteiger partial charge on any atom is -0.350 e. The lowest BCUT2D eigenvalue weighted by Gasteiger charge is -2.35. The van der Waals surface area contributed by atoms with Crippen molar-refractivity contribution in [2.75, 3.05) is 58.2 Å². The molecule has 0 bridgehead atoms. The summed E-state index contributed by atoms with van der Waals surface area (Å²) in [6.45, 7) is 13.5. The molecule has 1 aromatic heterocycles. The number of aromatic nitrogens is 2. The van der Waals surface area contributed by atoms with E-state index in [-0.39, 0.29) is 0 Å². The summed E-state index contributed by atoms with van der Waals surface area (Å²) in [5.41, 5.74) is 1.21. The Kier molecular flexibility index (Phi) is 6.62. The van der Waals surface area contributed by atoms with Gasteiger partial charge in [0.15, 0.2) is 0 Å². The highest BCUT2D eigenvalue weighted by atomic mass is 15.3. The fourth-order valence-electron chi connectivity index (χ4n) is 4.06. The molecule has 2 aliphatic heterocycles. The lowest BCUT2D eigenvalue weighted by atomic mass is 9.92. The fourth-order valence-corrected chi connectivity index (χ4v) is 4.06. The molecule has 2 unspecified atom stereocenters. The summed E-state index contributed by atoms with van der Waals surface area (Å²) < 4.78 is 0. The SMILES string of the molecule is CCC1CC(Nc2ncc(CN3CCN(CC)CC3)cn2)CN(C)C1. The van der Waals surface area contributed by atoms with E-state index < -0.39 is 0 Å². The van der Waals surface area contributed by atoms with Crippen LogP contribution in [0.2, 0.25) is 0 Å². The summed E-state index contributed by atoms with van der Waals surface area (Å²) in [7, 11) is 2.21. The Morgan fingerprint density at radius 3 is 2.36 bits per heavy atom. The molecule has 1 N–H and O–H groups in total. The van der Waals surface area contributed by atoms with Crippen LogP contribution in [0, 0.1) is 5.92 Å². The number of hydrogen-bond acceptors (Lipinski definition) is 6. The van der Waals surface area contributed by atoms with E-state index in [2.05, 4.69) is 50.9 Å². The van der Waals surface area contributed by atoms with Gasteiger partial charge in [-0.3, -0.25) is 4.90 Å². The number of nitrogens with zero attached hydrogens (tertiary/aromatic N) is 5. The topological polar surface area (TPSA) is 47.5 Å². The van der Waals surface area contributed by atoms with Crippen LogP contribution < -0.4 is 5.32 Å². The van der Waals surface area contributed by atoms with E-state index in [1.54, 1.807) is 0 Å². The molecule has 3 heterocycles. The zero-order chi connectivity index (χ0) is 17.6. The van der Waals surface area contributed by atoms with Crippen molar-refractivity contribution >= 4 is 5.95 Å². The minimum absolute atomic E-state index is 0.455. The van der Waals surface area contributed by atoms with Gasteiger partial charge in [0.1, 0.15) is 0 Å². The summed E-state index contributed by atoms with van der Waals surface area (Å²) in [6.07, 6.45) is 6.44. The lowest BCUT2D eigenvalue weighted by Crippen LogP contribution is -2.45. The number of hydrogen-bond donors (Lipinski definition) is 1. The molecule has 2 saturated heterocycles. The normalized spacial score (nSPS) is 26.7. The van der Waals surface area contributed by atoms with Gasteiger partial charge < -0.3 is 15.1 Å². The zero-order valence-corrected chi connectivity index (χ0v) is 16.1. The molecule has 3 rings (SSSR count). The van der Waals surface area contributed by atoms with Gasteiger partial charge in [-0.15, -0.1) is 0 Å². The summed E-state index contributed by atoms with van der Waals surface area (Å²) in [6, 6.07) is 0.455. The van der Waals surface area contributed by atoms with E-state index in [4.69, 9.17) is 0 Å². The van der Waals surface area contributed by atoms with Gasteiger partial charge >= 0.3 is 0 Å². The highest BCUT2D eigenvalue weighted by Crippen LogP contribution is 2.20. The van der Waals surface area contributed by atoms with Crippen molar-refractivity contribution in [2.45, 2.75) is 39.3 Å². The smallest absolute Gasteiger partial charge is 0.222 e. The molecule has 0 aliphatic carbocycles. The van der Waals surface area contributed by atoms with Crippen LogP contribution >= 0.6 is 0 Å². The molecule has 0 saturated carbocycles. The van der Waals surface area contributed by atoms with Crippen LogP contribution in [0.3, 0.4) is 0 Å².